The molecule has 1 heterocycles. The number of nitrogens with one attached hydrogen (secondary N) is 1. The maximum absolute atomic E-state index is 11.9. The highest BCUT2D eigenvalue weighted by molar-refractivity contribution is 5.97. The molecule has 1 aromatic rings. The second kappa shape index (κ2) is 3.86. The molecule has 2 aliphatic rings. The summed E-state index contributed by atoms with van der Waals surface area (Å²) in [4.78, 5) is 11.9. The van der Waals surface area contributed by atoms with E-state index in [-0.39, 0.29) is 11.3 Å². The summed E-state index contributed by atoms with van der Waals surface area (Å²) in [5.74, 6) is 0.940. The van der Waals surface area contributed by atoms with E-state index in [2.05, 4.69) is 24.4 Å². The van der Waals surface area contributed by atoms with Crippen molar-refractivity contribution < 1.29 is 4.79 Å². The van der Waals surface area contributed by atoms with Gasteiger partial charge in [-0.05, 0) is 43.2 Å². The fourth-order valence-corrected chi connectivity index (χ4v) is 3.34. The molecule has 0 unspecified atom stereocenters. The number of hydrogen-bond acceptors (Lipinski definition) is 1. The van der Waals surface area contributed by atoms with Gasteiger partial charge in [0.1, 0.15) is 0 Å². The third kappa shape index (κ3) is 1.67. The molecule has 0 aromatic heterocycles. The highest BCUT2D eigenvalue weighted by atomic mass is 16.1. The van der Waals surface area contributed by atoms with E-state index >= 15 is 0 Å². The summed E-state index contributed by atoms with van der Waals surface area (Å²) in [6.45, 7) is 3.16. The van der Waals surface area contributed by atoms with Crippen LogP contribution in [0.1, 0.15) is 48.5 Å². The summed E-state index contributed by atoms with van der Waals surface area (Å²) in [6.07, 6.45) is 4.99. The van der Waals surface area contributed by atoms with Crippen LogP contribution in [-0.4, -0.2) is 12.5 Å². The largest absolute Gasteiger partial charge is 0.351 e. The Labute approximate surface area is 102 Å². The number of amides is 1. The van der Waals surface area contributed by atoms with Crippen molar-refractivity contribution in [3.05, 3.63) is 35.4 Å². The Morgan fingerprint density at radius 2 is 1.94 bits per heavy atom. The molecule has 90 valence electrons. The van der Waals surface area contributed by atoms with Crippen LogP contribution >= 0.6 is 0 Å². The molecular weight excluding hydrogens is 210 g/mol. The molecule has 2 nitrogen and oxygen atoms in total. The maximum Gasteiger partial charge on any atom is 0.251 e. The SMILES string of the molecule is CC1CCC2(CC1)CNC(=O)c1ccccc12. The highest BCUT2D eigenvalue weighted by Crippen LogP contribution is 2.43. The zero-order chi connectivity index (χ0) is 11.9. The molecule has 17 heavy (non-hydrogen) atoms. The van der Waals surface area contributed by atoms with Gasteiger partial charge in [0.15, 0.2) is 0 Å². The number of fused-ring (bicyclic) bond motifs is 2. The molecule has 1 amide bonds. The predicted molar refractivity (Wildman–Crippen MR) is 68.1 cm³/mol. The van der Waals surface area contributed by atoms with Crippen LogP contribution in [0, 0.1) is 5.92 Å². The second-order valence-corrected chi connectivity index (χ2v) is 5.69. The Hall–Kier alpha value is -1.31. The van der Waals surface area contributed by atoms with Crippen LogP contribution in [0.4, 0.5) is 0 Å². The first-order valence-corrected chi connectivity index (χ1v) is 6.59. The summed E-state index contributed by atoms with van der Waals surface area (Å²) < 4.78 is 0. The lowest BCUT2D eigenvalue weighted by atomic mass is 9.64. The zero-order valence-corrected chi connectivity index (χ0v) is 10.3. The monoisotopic (exact) mass is 229 g/mol. The van der Waals surface area contributed by atoms with Gasteiger partial charge in [0, 0.05) is 17.5 Å². The number of hydrogen-bond donors (Lipinski definition) is 1. The average molecular weight is 229 g/mol. The van der Waals surface area contributed by atoms with E-state index in [0.29, 0.717) is 0 Å². The van der Waals surface area contributed by atoms with E-state index in [1.165, 1.54) is 31.2 Å². The minimum absolute atomic E-state index is 0.102. The normalized spacial score (nSPS) is 32.1. The molecule has 1 aliphatic carbocycles. The average Bonchev–Trinajstić information content (AvgIpc) is 2.38. The fourth-order valence-electron chi connectivity index (χ4n) is 3.34. The van der Waals surface area contributed by atoms with Crippen LogP contribution in [-0.2, 0) is 5.41 Å². The Balaban J connectivity index is 2.03. The van der Waals surface area contributed by atoms with Crippen molar-refractivity contribution in [3.8, 4) is 0 Å². The fraction of sp³-hybridized carbons (Fsp3) is 0.533. The van der Waals surface area contributed by atoms with Crippen LogP contribution in [0.2, 0.25) is 0 Å². The number of rotatable bonds is 0. The Kier molecular flexibility index (Phi) is 2.46. The van der Waals surface area contributed by atoms with Crippen molar-refractivity contribution in [2.45, 2.75) is 38.0 Å². The zero-order valence-electron chi connectivity index (χ0n) is 10.3. The second-order valence-electron chi connectivity index (χ2n) is 5.69. The molecule has 1 N–H and O–H groups in total. The van der Waals surface area contributed by atoms with Gasteiger partial charge in [-0.25, -0.2) is 0 Å². The van der Waals surface area contributed by atoms with Crippen LogP contribution < -0.4 is 5.32 Å². The van der Waals surface area contributed by atoms with Gasteiger partial charge < -0.3 is 5.32 Å². The molecule has 0 bridgehead atoms. The lowest BCUT2D eigenvalue weighted by Gasteiger charge is -2.43. The Morgan fingerprint density at radius 1 is 1.24 bits per heavy atom. The first-order chi connectivity index (χ1) is 8.21. The summed E-state index contributed by atoms with van der Waals surface area (Å²) in [6, 6.07) is 8.15. The van der Waals surface area contributed by atoms with Crippen molar-refractivity contribution in [3.63, 3.8) is 0 Å². The van der Waals surface area contributed by atoms with Crippen molar-refractivity contribution >= 4 is 5.91 Å². The molecule has 0 atom stereocenters. The number of benzene rings is 1. The van der Waals surface area contributed by atoms with Crippen molar-refractivity contribution in [2.75, 3.05) is 6.54 Å². The van der Waals surface area contributed by atoms with E-state index in [0.717, 1.165) is 18.0 Å². The molecule has 0 saturated heterocycles. The number of carbonyl (C=O) groups is 1. The minimum atomic E-state index is 0.102. The maximum atomic E-state index is 11.9. The van der Waals surface area contributed by atoms with E-state index in [1.807, 2.05) is 12.1 Å². The van der Waals surface area contributed by atoms with Gasteiger partial charge in [-0.15, -0.1) is 0 Å². The topological polar surface area (TPSA) is 29.1 Å². The summed E-state index contributed by atoms with van der Waals surface area (Å²) in [7, 11) is 0. The summed E-state index contributed by atoms with van der Waals surface area (Å²) in [5, 5.41) is 3.07. The smallest absolute Gasteiger partial charge is 0.251 e. The molecule has 1 aliphatic heterocycles. The summed E-state index contributed by atoms with van der Waals surface area (Å²) in [5.41, 5.74) is 2.40. The van der Waals surface area contributed by atoms with Gasteiger partial charge in [0.2, 0.25) is 0 Å². The third-order valence-electron chi connectivity index (χ3n) is 4.56. The van der Waals surface area contributed by atoms with Crippen LogP contribution in [0.15, 0.2) is 24.3 Å². The summed E-state index contributed by atoms with van der Waals surface area (Å²) >= 11 is 0. The number of carbonyl (C=O) groups excluding carboxylic acids is 1. The van der Waals surface area contributed by atoms with E-state index in [4.69, 9.17) is 0 Å². The first-order valence-electron chi connectivity index (χ1n) is 6.59. The third-order valence-corrected chi connectivity index (χ3v) is 4.56. The quantitative estimate of drug-likeness (QED) is 0.728. The van der Waals surface area contributed by atoms with Crippen LogP contribution in [0.3, 0.4) is 0 Å². The van der Waals surface area contributed by atoms with Crippen LogP contribution in [0.25, 0.3) is 0 Å². The molecule has 1 aromatic carbocycles. The lowest BCUT2D eigenvalue weighted by Crippen LogP contribution is -2.48. The van der Waals surface area contributed by atoms with Gasteiger partial charge in [-0.1, -0.05) is 25.1 Å². The molecule has 0 radical (unpaired) electrons. The van der Waals surface area contributed by atoms with E-state index in [1.54, 1.807) is 0 Å². The molecule has 2 heteroatoms. The first kappa shape index (κ1) is 10.8. The standard InChI is InChI=1S/C15H19NO/c1-11-6-8-15(9-7-11)10-16-14(17)12-4-2-3-5-13(12)15/h2-5,11H,6-10H2,1H3,(H,16,17). The highest BCUT2D eigenvalue weighted by Gasteiger charge is 2.41. The lowest BCUT2D eigenvalue weighted by molar-refractivity contribution is 0.0906. The van der Waals surface area contributed by atoms with E-state index in [9.17, 15) is 4.79 Å². The van der Waals surface area contributed by atoms with Gasteiger partial charge in [0.05, 0.1) is 0 Å². The van der Waals surface area contributed by atoms with Gasteiger partial charge in [-0.3, -0.25) is 4.79 Å². The van der Waals surface area contributed by atoms with Gasteiger partial charge in [-0.2, -0.15) is 0 Å². The van der Waals surface area contributed by atoms with Gasteiger partial charge in [0.25, 0.3) is 5.91 Å². The molecule has 1 saturated carbocycles. The van der Waals surface area contributed by atoms with E-state index < -0.39 is 0 Å². The van der Waals surface area contributed by atoms with Crippen molar-refractivity contribution in [1.29, 1.82) is 0 Å². The van der Waals surface area contributed by atoms with Crippen molar-refractivity contribution in [1.82, 2.24) is 5.32 Å². The minimum Gasteiger partial charge on any atom is -0.351 e. The van der Waals surface area contributed by atoms with Crippen LogP contribution in [0.5, 0.6) is 0 Å². The van der Waals surface area contributed by atoms with Gasteiger partial charge >= 0.3 is 0 Å². The Morgan fingerprint density at radius 3 is 2.71 bits per heavy atom. The molecule has 1 spiro atoms. The Bertz CT molecular complexity index is 444. The molecular formula is C15H19NO. The molecule has 1 fully saturated rings. The predicted octanol–water partition coefficient (Wildman–Crippen LogP) is 2.88. The molecule has 3 rings (SSSR count). The van der Waals surface area contributed by atoms with Crippen molar-refractivity contribution in [2.24, 2.45) is 5.92 Å².